The van der Waals surface area contributed by atoms with Crippen LogP contribution in [-0.2, 0) is 4.79 Å². The number of likely N-dealkylation sites (tertiary alicyclic amines) is 1. The predicted molar refractivity (Wildman–Crippen MR) is 73.4 cm³/mol. The molecule has 1 fully saturated rings. The van der Waals surface area contributed by atoms with Crippen LogP contribution in [0.15, 0.2) is 38.1 Å². The number of piperidine rings is 1. The maximum Gasteiger partial charge on any atom is 0.434 e. The zero-order valence-corrected chi connectivity index (χ0v) is 11.3. The highest BCUT2D eigenvalue weighted by Crippen LogP contribution is 2.24. The fourth-order valence-corrected chi connectivity index (χ4v) is 2.44. The Balaban J connectivity index is 1.65. The van der Waals surface area contributed by atoms with Crippen molar-refractivity contribution in [2.24, 2.45) is 0 Å². The molecule has 0 spiro atoms. The number of hydrogen-bond acceptors (Lipinski definition) is 5. The molecular weight excluding hydrogens is 274 g/mol. The molecule has 3 heterocycles. The van der Waals surface area contributed by atoms with Crippen molar-refractivity contribution in [2.45, 2.75) is 18.8 Å². The van der Waals surface area contributed by atoms with Crippen molar-refractivity contribution >= 4 is 12.0 Å². The predicted octanol–water partition coefficient (Wildman–Crippen LogP) is 1.38. The van der Waals surface area contributed by atoms with Gasteiger partial charge in [-0.1, -0.05) is 0 Å². The summed E-state index contributed by atoms with van der Waals surface area (Å²) in [7, 11) is 0. The van der Waals surface area contributed by atoms with Crippen molar-refractivity contribution in [3.8, 4) is 0 Å². The molecule has 2 aromatic rings. The molecule has 1 aliphatic rings. The topological polar surface area (TPSA) is 92.3 Å². The van der Waals surface area contributed by atoms with E-state index in [-0.39, 0.29) is 11.8 Å². The van der Waals surface area contributed by atoms with Gasteiger partial charge in [0, 0.05) is 19.2 Å². The number of furan rings is 1. The van der Waals surface area contributed by atoms with Gasteiger partial charge in [0.25, 0.3) is 0 Å². The molecule has 0 aliphatic carbocycles. The standard InChI is InChI=1S/C14H15N3O4/c18-12(6-5-11-4-2-8-20-11)17-7-1-3-10(9-17)13-15-16-14(19)21-13/h2,4-6,8,10H,1,3,7,9H2,(H,16,19)/b6-5+. The van der Waals surface area contributed by atoms with Crippen molar-refractivity contribution in [1.82, 2.24) is 15.1 Å². The van der Waals surface area contributed by atoms with Crippen molar-refractivity contribution < 1.29 is 13.6 Å². The molecule has 0 bridgehead atoms. The molecule has 1 saturated heterocycles. The number of aromatic nitrogens is 2. The number of carbonyl (C=O) groups is 1. The number of hydrogen-bond donors (Lipinski definition) is 1. The van der Waals surface area contributed by atoms with Crippen LogP contribution in [-0.4, -0.2) is 34.1 Å². The fraction of sp³-hybridized carbons (Fsp3) is 0.357. The first-order chi connectivity index (χ1) is 10.2. The molecule has 7 heteroatoms. The summed E-state index contributed by atoms with van der Waals surface area (Å²) >= 11 is 0. The van der Waals surface area contributed by atoms with Crippen LogP contribution >= 0.6 is 0 Å². The molecule has 1 amide bonds. The van der Waals surface area contributed by atoms with Gasteiger partial charge in [0.15, 0.2) is 0 Å². The maximum atomic E-state index is 12.2. The number of nitrogens with zero attached hydrogens (tertiary/aromatic N) is 2. The second-order valence-electron chi connectivity index (χ2n) is 4.92. The molecular formula is C14H15N3O4. The molecule has 0 aromatic carbocycles. The molecule has 21 heavy (non-hydrogen) atoms. The van der Waals surface area contributed by atoms with Gasteiger partial charge in [0.1, 0.15) is 5.76 Å². The third kappa shape index (κ3) is 3.13. The Bertz CT molecular complexity index is 683. The maximum absolute atomic E-state index is 12.2. The smallest absolute Gasteiger partial charge is 0.434 e. The lowest BCUT2D eigenvalue weighted by Crippen LogP contribution is -2.38. The van der Waals surface area contributed by atoms with Gasteiger partial charge in [-0.25, -0.2) is 9.89 Å². The minimum atomic E-state index is -0.564. The Morgan fingerprint density at radius 2 is 2.43 bits per heavy atom. The first-order valence-electron chi connectivity index (χ1n) is 6.78. The fourth-order valence-electron chi connectivity index (χ4n) is 2.44. The molecule has 7 nitrogen and oxygen atoms in total. The highest BCUT2D eigenvalue weighted by Gasteiger charge is 2.27. The van der Waals surface area contributed by atoms with E-state index >= 15 is 0 Å². The van der Waals surface area contributed by atoms with Gasteiger partial charge in [0.2, 0.25) is 11.8 Å². The van der Waals surface area contributed by atoms with Crippen LogP contribution in [0.4, 0.5) is 0 Å². The molecule has 0 saturated carbocycles. The van der Waals surface area contributed by atoms with Crippen molar-refractivity contribution in [3.05, 3.63) is 46.7 Å². The third-order valence-corrected chi connectivity index (χ3v) is 3.47. The highest BCUT2D eigenvalue weighted by atomic mass is 16.4. The minimum Gasteiger partial charge on any atom is -0.465 e. The van der Waals surface area contributed by atoms with E-state index in [0.29, 0.717) is 24.7 Å². The Hall–Kier alpha value is -2.57. The van der Waals surface area contributed by atoms with Crippen LogP contribution in [0.25, 0.3) is 6.08 Å². The van der Waals surface area contributed by atoms with Gasteiger partial charge in [0.05, 0.1) is 12.2 Å². The average Bonchev–Trinajstić information content (AvgIpc) is 3.16. The normalized spacial score (nSPS) is 19.2. The number of rotatable bonds is 3. The molecule has 1 unspecified atom stereocenters. The van der Waals surface area contributed by atoms with E-state index < -0.39 is 5.76 Å². The molecule has 0 radical (unpaired) electrons. The summed E-state index contributed by atoms with van der Waals surface area (Å²) in [6.07, 6.45) is 6.38. The van der Waals surface area contributed by atoms with Crippen molar-refractivity contribution in [3.63, 3.8) is 0 Å². The van der Waals surface area contributed by atoms with Gasteiger partial charge < -0.3 is 13.7 Å². The largest absolute Gasteiger partial charge is 0.465 e. The summed E-state index contributed by atoms with van der Waals surface area (Å²) in [5, 5.41) is 6.10. The van der Waals surface area contributed by atoms with Crippen LogP contribution in [0.3, 0.4) is 0 Å². The monoisotopic (exact) mass is 289 g/mol. The molecule has 1 N–H and O–H groups in total. The van der Waals surface area contributed by atoms with E-state index in [1.165, 1.54) is 6.08 Å². The number of H-pyrrole nitrogens is 1. The van der Waals surface area contributed by atoms with Gasteiger partial charge >= 0.3 is 5.76 Å². The van der Waals surface area contributed by atoms with Gasteiger partial charge in [-0.3, -0.25) is 4.79 Å². The van der Waals surface area contributed by atoms with Crippen LogP contribution in [0.5, 0.6) is 0 Å². The summed E-state index contributed by atoms with van der Waals surface area (Å²) in [6.45, 7) is 1.18. The van der Waals surface area contributed by atoms with E-state index in [4.69, 9.17) is 8.83 Å². The Morgan fingerprint density at radius 3 is 3.14 bits per heavy atom. The molecule has 110 valence electrons. The van der Waals surface area contributed by atoms with Crippen molar-refractivity contribution in [1.29, 1.82) is 0 Å². The van der Waals surface area contributed by atoms with Crippen LogP contribution < -0.4 is 5.76 Å². The van der Waals surface area contributed by atoms with Crippen LogP contribution in [0, 0.1) is 0 Å². The second-order valence-corrected chi connectivity index (χ2v) is 4.92. The van der Waals surface area contributed by atoms with E-state index in [1.807, 2.05) is 0 Å². The first kappa shape index (κ1) is 13.4. The highest BCUT2D eigenvalue weighted by molar-refractivity contribution is 5.91. The van der Waals surface area contributed by atoms with E-state index in [1.54, 1.807) is 29.4 Å². The summed E-state index contributed by atoms with van der Waals surface area (Å²) in [5.41, 5.74) is 0. The lowest BCUT2D eigenvalue weighted by atomic mass is 9.98. The van der Waals surface area contributed by atoms with Crippen molar-refractivity contribution in [2.75, 3.05) is 13.1 Å². The van der Waals surface area contributed by atoms with E-state index in [9.17, 15) is 9.59 Å². The zero-order chi connectivity index (χ0) is 14.7. The number of amides is 1. The Kier molecular flexibility index (Phi) is 3.72. The van der Waals surface area contributed by atoms with Gasteiger partial charge in [-0.2, -0.15) is 0 Å². The van der Waals surface area contributed by atoms with Crippen LogP contribution in [0.1, 0.15) is 30.4 Å². The summed E-state index contributed by atoms with van der Waals surface area (Å²) in [4.78, 5) is 24.9. The second kappa shape index (κ2) is 5.82. The lowest BCUT2D eigenvalue weighted by molar-refractivity contribution is -0.127. The zero-order valence-electron chi connectivity index (χ0n) is 11.3. The van der Waals surface area contributed by atoms with Gasteiger partial charge in [-0.05, 0) is 31.1 Å². The Morgan fingerprint density at radius 1 is 1.52 bits per heavy atom. The summed E-state index contributed by atoms with van der Waals surface area (Å²) in [6, 6.07) is 3.54. The lowest BCUT2D eigenvalue weighted by Gasteiger charge is -2.30. The number of nitrogens with one attached hydrogen (secondary N) is 1. The summed E-state index contributed by atoms with van der Waals surface area (Å²) < 4.78 is 10.1. The number of carbonyl (C=O) groups excluding carboxylic acids is 1. The molecule has 2 aromatic heterocycles. The number of aromatic amines is 1. The summed E-state index contributed by atoms with van der Waals surface area (Å²) in [5.74, 6) is 0.307. The van der Waals surface area contributed by atoms with E-state index in [2.05, 4.69) is 10.2 Å². The Labute approximate surface area is 120 Å². The van der Waals surface area contributed by atoms with Gasteiger partial charge in [-0.15, -0.1) is 5.10 Å². The first-order valence-corrected chi connectivity index (χ1v) is 6.78. The minimum absolute atomic E-state index is 0.0429. The van der Waals surface area contributed by atoms with E-state index in [0.717, 1.165) is 12.8 Å². The molecule has 1 aliphatic heterocycles. The average molecular weight is 289 g/mol. The third-order valence-electron chi connectivity index (χ3n) is 3.47. The quantitative estimate of drug-likeness (QED) is 0.862. The molecule has 1 atom stereocenters. The SMILES string of the molecule is O=C(/C=C/c1ccco1)N1CCCC(c2n[nH]c(=O)o2)C1. The molecule has 3 rings (SSSR count). The van der Waals surface area contributed by atoms with Crippen LogP contribution in [0.2, 0.25) is 0 Å².